The van der Waals surface area contributed by atoms with Crippen LogP contribution in [0.1, 0.15) is 17.3 Å². The van der Waals surface area contributed by atoms with E-state index in [0.29, 0.717) is 11.9 Å². The molecule has 7 nitrogen and oxygen atoms in total. The highest BCUT2D eigenvalue weighted by Crippen LogP contribution is 2.22. The SMILES string of the molecule is CC(COC(F)(F)F)NC(=O)c1cn(-c2ccc(F)cc2F)c2nc(N(C)C)ccc2c1=O. The number of carbonyl (C=O) groups excluding carboxylic acids is 1. The van der Waals surface area contributed by atoms with Crippen molar-refractivity contribution in [2.24, 2.45) is 0 Å². The molecule has 33 heavy (non-hydrogen) atoms. The highest BCUT2D eigenvalue weighted by molar-refractivity contribution is 5.97. The Balaban J connectivity index is 2.13. The van der Waals surface area contributed by atoms with E-state index in [4.69, 9.17) is 0 Å². The van der Waals surface area contributed by atoms with Gasteiger partial charge in [-0.3, -0.25) is 18.9 Å². The van der Waals surface area contributed by atoms with Crippen LogP contribution in [0.3, 0.4) is 0 Å². The van der Waals surface area contributed by atoms with Crippen LogP contribution in [0.25, 0.3) is 16.7 Å². The Hall–Kier alpha value is -3.54. The molecule has 2 heterocycles. The molecule has 1 unspecified atom stereocenters. The average Bonchev–Trinajstić information content (AvgIpc) is 2.72. The fourth-order valence-corrected chi connectivity index (χ4v) is 3.03. The fourth-order valence-electron chi connectivity index (χ4n) is 3.03. The van der Waals surface area contributed by atoms with Crippen LogP contribution >= 0.6 is 0 Å². The maximum atomic E-state index is 14.6. The first kappa shape index (κ1) is 24.1. The number of pyridine rings is 2. The number of nitrogens with one attached hydrogen (secondary N) is 1. The first-order valence-corrected chi connectivity index (χ1v) is 9.58. The second-order valence-corrected chi connectivity index (χ2v) is 7.40. The summed E-state index contributed by atoms with van der Waals surface area (Å²) in [5.74, 6) is -2.38. The number of amides is 1. The van der Waals surface area contributed by atoms with Crippen molar-refractivity contribution in [3.8, 4) is 5.69 Å². The first-order valence-electron chi connectivity index (χ1n) is 9.58. The van der Waals surface area contributed by atoms with Gasteiger partial charge in [-0.2, -0.15) is 0 Å². The second kappa shape index (κ2) is 9.14. The number of benzene rings is 1. The predicted molar refractivity (Wildman–Crippen MR) is 111 cm³/mol. The van der Waals surface area contributed by atoms with Gasteiger partial charge in [-0.1, -0.05) is 0 Å². The zero-order chi connectivity index (χ0) is 24.5. The minimum absolute atomic E-state index is 0.00158. The Morgan fingerprint density at radius 3 is 2.52 bits per heavy atom. The summed E-state index contributed by atoms with van der Waals surface area (Å²) in [5, 5.41) is 2.20. The number of aromatic nitrogens is 2. The normalized spacial score (nSPS) is 12.6. The van der Waals surface area contributed by atoms with E-state index in [0.717, 1.165) is 22.9 Å². The number of hydrogen-bond acceptors (Lipinski definition) is 5. The molecule has 0 radical (unpaired) electrons. The molecule has 0 spiro atoms. The van der Waals surface area contributed by atoms with E-state index in [2.05, 4.69) is 15.0 Å². The molecule has 0 aliphatic carbocycles. The maximum absolute atomic E-state index is 14.6. The molecule has 2 aromatic heterocycles. The number of rotatable bonds is 6. The molecule has 12 heteroatoms. The van der Waals surface area contributed by atoms with Gasteiger partial charge in [0.2, 0.25) is 5.43 Å². The summed E-state index contributed by atoms with van der Waals surface area (Å²) in [6, 6.07) is 4.54. The molecule has 3 rings (SSSR count). The molecule has 1 amide bonds. The minimum atomic E-state index is -4.88. The predicted octanol–water partition coefficient (Wildman–Crippen LogP) is 3.38. The highest BCUT2D eigenvalue weighted by atomic mass is 19.4. The van der Waals surface area contributed by atoms with Crippen LogP contribution in [0.4, 0.5) is 27.8 Å². The summed E-state index contributed by atoms with van der Waals surface area (Å²) >= 11 is 0. The Labute approximate surface area is 184 Å². The van der Waals surface area contributed by atoms with Crippen LogP contribution in [-0.4, -0.2) is 48.6 Å². The standard InChI is InChI=1S/C21H19F5N4O3/c1-11(10-33-21(24,25)26)27-20(32)14-9-30(16-6-4-12(22)8-15(16)23)19-13(18(14)31)5-7-17(28-19)29(2)3/h4-9,11H,10H2,1-3H3,(H,27,32). The molecular weight excluding hydrogens is 451 g/mol. The largest absolute Gasteiger partial charge is 0.522 e. The lowest BCUT2D eigenvalue weighted by atomic mass is 10.1. The van der Waals surface area contributed by atoms with Crippen LogP contribution in [0.5, 0.6) is 0 Å². The lowest BCUT2D eigenvalue weighted by Gasteiger charge is -2.18. The first-order chi connectivity index (χ1) is 15.4. The quantitative estimate of drug-likeness (QED) is 0.559. The Bertz CT molecular complexity index is 1260. The lowest BCUT2D eigenvalue weighted by Crippen LogP contribution is -2.39. The van der Waals surface area contributed by atoms with Crippen molar-refractivity contribution >= 4 is 22.8 Å². The van der Waals surface area contributed by atoms with Crippen LogP contribution in [0.15, 0.2) is 41.3 Å². The van der Waals surface area contributed by atoms with Crippen molar-refractivity contribution in [1.82, 2.24) is 14.9 Å². The molecular formula is C21H19F5N4O3. The number of ether oxygens (including phenoxy) is 1. The number of fused-ring (bicyclic) bond motifs is 1. The van der Waals surface area contributed by atoms with Gasteiger partial charge in [0, 0.05) is 26.4 Å². The van der Waals surface area contributed by atoms with E-state index < -0.39 is 47.5 Å². The zero-order valence-electron chi connectivity index (χ0n) is 17.7. The van der Waals surface area contributed by atoms with Crippen molar-refractivity contribution in [3.05, 3.63) is 63.9 Å². The molecule has 1 N–H and O–H groups in total. The van der Waals surface area contributed by atoms with Crippen LogP contribution < -0.4 is 15.6 Å². The maximum Gasteiger partial charge on any atom is 0.522 e. The summed E-state index contributed by atoms with van der Waals surface area (Å²) in [6.45, 7) is 0.380. The van der Waals surface area contributed by atoms with Gasteiger partial charge in [0.05, 0.1) is 23.7 Å². The summed E-state index contributed by atoms with van der Waals surface area (Å²) in [4.78, 5) is 31.7. The van der Waals surface area contributed by atoms with Crippen molar-refractivity contribution in [3.63, 3.8) is 0 Å². The van der Waals surface area contributed by atoms with Crippen molar-refractivity contribution in [2.75, 3.05) is 25.6 Å². The lowest BCUT2D eigenvalue weighted by molar-refractivity contribution is -0.325. The third-order valence-corrected chi connectivity index (χ3v) is 4.58. The molecule has 0 saturated heterocycles. The third kappa shape index (κ3) is 5.45. The van der Waals surface area contributed by atoms with Crippen LogP contribution in [0.2, 0.25) is 0 Å². The van der Waals surface area contributed by atoms with Gasteiger partial charge in [-0.05, 0) is 31.2 Å². The number of nitrogens with zero attached hydrogens (tertiary/aromatic N) is 3. The number of hydrogen-bond donors (Lipinski definition) is 1. The van der Waals surface area contributed by atoms with E-state index in [1.165, 1.54) is 19.1 Å². The summed E-state index contributed by atoms with van der Waals surface area (Å²) < 4.78 is 69.6. The smallest absolute Gasteiger partial charge is 0.363 e. The van der Waals surface area contributed by atoms with E-state index in [-0.39, 0.29) is 16.7 Å². The van der Waals surface area contributed by atoms with Gasteiger partial charge in [0.25, 0.3) is 5.91 Å². The molecule has 1 aromatic carbocycles. The molecule has 0 saturated carbocycles. The molecule has 0 fully saturated rings. The van der Waals surface area contributed by atoms with Gasteiger partial charge in [0.1, 0.15) is 23.0 Å². The number of carbonyl (C=O) groups is 1. The molecule has 1 atom stereocenters. The monoisotopic (exact) mass is 470 g/mol. The summed E-state index contributed by atoms with van der Waals surface area (Å²) in [5.41, 5.74) is -1.42. The summed E-state index contributed by atoms with van der Waals surface area (Å²) in [7, 11) is 3.39. The minimum Gasteiger partial charge on any atom is -0.363 e. The molecule has 0 bridgehead atoms. The summed E-state index contributed by atoms with van der Waals surface area (Å²) in [6.07, 6.45) is -3.87. The van der Waals surface area contributed by atoms with Gasteiger partial charge < -0.3 is 10.2 Å². The van der Waals surface area contributed by atoms with Crippen LogP contribution in [-0.2, 0) is 4.74 Å². The van der Waals surface area contributed by atoms with Gasteiger partial charge in [-0.25, -0.2) is 13.8 Å². The Kier molecular flexibility index (Phi) is 6.68. The third-order valence-electron chi connectivity index (χ3n) is 4.58. The molecule has 3 aromatic rings. The second-order valence-electron chi connectivity index (χ2n) is 7.40. The van der Waals surface area contributed by atoms with E-state index in [1.807, 2.05) is 0 Å². The Morgan fingerprint density at radius 2 is 1.91 bits per heavy atom. The topological polar surface area (TPSA) is 76.5 Å². The van der Waals surface area contributed by atoms with Crippen molar-refractivity contribution in [1.29, 1.82) is 0 Å². The van der Waals surface area contributed by atoms with Gasteiger partial charge in [-0.15, -0.1) is 13.2 Å². The van der Waals surface area contributed by atoms with E-state index in [1.54, 1.807) is 19.0 Å². The van der Waals surface area contributed by atoms with Gasteiger partial charge in [0.15, 0.2) is 5.65 Å². The number of alkyl halides is 3. The highest BCUT2D eigenvalue weighted by Gasteiger charge is 2.30. The van der Waals surface area contributed by atoms with Crippen molar-refractivity contribution in [2.45, 2.75) is 19.3 Å². The van der Waals surface area contributed by atoms with E-state index in [9.17, 15) is 31.5 Å². The number of anilines is 1. The number of halogens is 5. The van der Waals surface area contributed by atoms with E-state index >= 15 is 0 Å². The van der Waals surface area contributed by atoms with Crippen LogP contribution in [0, 0.1) is 11.6 Å². The Morgan fingerprint density at radius 1 is 1.21 bits per heavy atom. The fraction of sp³-hybridized carbons (Fsp3) is 0.286. The average molecular weight is 470 g/mol. The van der Waals surface area contributed by atoms with Crippen molar-refractivity contribution < 1.29 is 31.5 Å². The zero-order valence-corrected chi connectivity index (χ0v) is 17.7. The van der Waals surface area contributed by atoms with Gasteiger partial charge >= 0.3 is 6.36 Å². The molecule has 176 valence electrons. The molecule has 0 aliphatic rings. The molecule has 0 aliphatic heterocycles.